The van der Waals surface area contributed by atoms with Gasteiger partial charge in [-0.2, -0.15) is 4.31 Å². The molecule has 144 valence electrons. The minimum absolute atomic E-state index is 0.0147. The maximum Gasteiger partial charge on any atom is 0.311 e. The Morgan fingerprint density at radius 2 is 1.74 bits per heavy atom. The van der Waals surface area contributed by atoms with Crippen molar-refractivity contribution in [2.24, 2.45) is 0 Å². The van der Waals surface area contributed by atoms with Gasteiger partial charge in [-0.15, -0.1) is 0 Å². The Morgan fingerprint density at radius 1 is 1.07 bits per heavy atom. The summed E-state index contributed by atoms with van der Waals surface area (Å²) >= 11 is 0. The summed E-state index contributed by atoms with van der Waals surface area (Å²) in [6, 6.07) is 13.8. The number of methoxy groups -OCH3 is 1. The van der Waals surface area contributed by atoms with Gasteiger partial charge in [-0.25, -0.2) is 8.42 Å². The minimum atomic E-state index is -3.38. The van der Waals surface area contributed by atoms with Crippen molar-refractivity contribution >= 4 is 21.4 Å². The highest BCUT2D eigenvalue weighted by molar-refractivity contribution is 7.88. The quantitative estimate of drug-likeness (QED) is 0.554. The van der Waals surface area contributed by atoms with Gasteiger partial charge in [0.15, 0.2) is 5.75 Å². The number of nitro benzene ring substituents is 1. The van der Waals surface area contributed by atoms with E-state index in [-0.39, 0.29) is 17.2 Å². The van der Waals surface area contributed by atoms with E-state index in [9.17, 15) is 18.5 Å². The van der Waals surface area contributed by atoms with Gasteiger partial charge in [-0.3, -0.25) is 10.1 Å². The molecule has 0 amide bonds. The Morgan fingerprint density at radius 3 is 2.33 bits per heavy atom. The molecule has 27 heavy (non-hydrogen) atoms. The summed E-state index contributed by atoms with van der Waals surface area (Å²) in [5.74, 6) is 0.177. The summed E-state index contributed by atoms with van der Waals surface area (Å²) < 4.78 is 31.9. The van der Waals surface area contributed by atoms with Crippen LogP contribution in [0.4, 0.5) is 11.4 Å². The Kier molecular flexibility index (Phi) is 5.62. The number of nitro groups is 1. The van der Waals surface area contributed by atoms with Gasteiger partial charge in [0.25, 0.3) is 0 Å². The van der Waals surface area contributed by atoms with Crippen molar-refractivity contribution < 1.29 is 18.1 Å². The Labute approximate surface area is 158 Å². The predicted octanol–water partition coefficient (Wildman–Crippen LogP) is 2.26. The molecule has 0 bridgehead atoms. The van der Waals surface area contributed by atoms with E-state index in [2.05, 4.69) is 0 Å². The van der Waals surface area contributed by atoms with Gasteiger partial charge in [-0.05, 0) is 11.6 Å². The molecule has 0 spiro atoms. The first kappa shape index (κ1) is 19.1. The van der Waals surface area contributed by atoms with Crippen LogP contribution in [0.2, 0.25) is 0 Å². The summed E-state index contributed by atoms with van der Waals surface area (Å²) in [6.07, 6.45) is 0. The predicted molar refractivity (Wildman–Crippen MR) is 103 cm³/mol. The van der Waals surface area contributed by atoms with Crippen LogP contribution in [0.25, 0.3) is 0 Å². The summed E-state index contributed by atoms with van der Waals surface area (Å²) in [5.41, 5.74) is 1.45. The number of hydrogen-bond acceptors (Lipinski definition) is 6. The molecule has 3 rings (SSSR count). The fraction of sp³-hybridized carbons (Fsp3) is 0.333. The SMILES string of the molecule is COc1cc(N2CCN(S(=O)(=O)Cc3ccccc3)CC2)ccc1[N+](=O)[O-]. The van der Waals surface area contributed by atoms with Crippen LogP contribution < -0.4 is 9.64 Å². The van der Waals surface area contributed by atoms with Crippen molar-refractivity contribution in [3.8, 4) is 5.75 Å². The molecule has 2 aromatic carbocycles. The van der Waals surface area contributed by atoms with Crippen molar-refractivity contribution in [1.82, 2.24) is 4.31 Å². The molecule has 1 aliphatic rings. The first-order valence-corrected chi connectivity index (χ1v) is 10.1. The molecular formula is C18H21N3O5S. The van der Waals surface area contributed by atoms with E-state index in [1.54, 1.807) is 24.3 Å². The number of benzene rings is 2. The maximum absolute atomic E-state index is 12.6. The average molecular weight is 391 g/mol. The average Bonchev–Trinajstić information content (AvgIpc) is 2.68. The van der Waals surface area contributed by atoms with E-state index >= 15 is 0 Å². The Bertz CT molecular complexity index is 910. The Balaban J connectivity index is 1.67. The molecule has 1 fully saturated rings. The van der Waals surface area contributed by atoms with Gasteiger partial charge >= 0.3 is 5.69 Å². The number of hydrogen-bond donors (Lipinski definition) is 0. The second-order valence-corrected chi connectivity index (χ2v) is 8.21. The molecule has 0 radical (unpaired) electrons. The van der Waals surface area contributed by atoms with E-state index in [1.807, 2.05) is 23.1 Å². The fourth-order valence-corrected chi connectivity index (χ4v) is 4.63. The first-order valence-electron chi connectivity index (χ1n) is 8.50. The number of piperazine rings is 1. The molecule has 1 heterocycles. The zero-order valence-corrected chi connectivity index (χ0v) is 15.8. The van der Waals surface area contributed by atoms with E-state index in [1.165, 1.54) is 17.5 Å². The topological polar surface area (TPSA) is 93.0 Å². The molecule has 0 aromatic heterocycles. The van der Waals surface area contributed by atoms with Gasteiger partial charge < -0.3 is 9.64 Å². The number of sulfonamides is 1. The van der Waals surface area contributed by atoms with Crippen LogP contribution in [0.15, 0.2) is 48.5 Å². The van der Waals surface area contributed by atoms with Crippen molar-refractivity contribution in [3.63, 3.8) is 0 Å². The summed E-state index contributed by atoms with van der Waals surface area (Å²) in [6.45, 7) is 1.76. The van der Waals surface area contributed by atoms with Gasteiger partial charge in [-0.1, -0.05) is 30.3 Å². The van der Waals surface area contributed by atoms with Crippen molar-refractivity contribution in [2.45, 2.75) is 5.75 Å². The monoisotopic (exact) mass is 391 g/mol. The molecule has 8 nitrogen and oxygen atoms in total. The number of rotatable bonds is 6. The van der Waals surface area contributed by atoms with Gasteiger partial charge in [0.05, 0.1) is 17.8 Å². The number of anilines is 1. The molecule has 0 aliphatic carbocycles. The molecule has 0 atom stereocenters. The normalized spacial score (nSPS) is 15.5. The fourth-order valence-electron chi connectivity index (χ4n) is 3.11. The Hall–Kier alpha value is -2.65. The van der Waals surface area contributed by atoms with Crippen molar-refractivity contribution in [3.05, 3.63) is 64.2 Å². The summed E-state index contributed by atoms with van der Waals surface area (Å²) in [7, 11) is -1.99. The van der Waals surface area contributed by atoms with E-state index in [0.29, 0.717) is 26.2 Å². The summed E-state index contributed by atoms with van der Waals surface area (Å²) in [5, 5.41) is 11.0. The van der Waals surface area contributed by atoms with Crippen molar-refractivity contribution in [1.29, 1.82) is 0 Å². The van der Waals surface area contributed by atoms with Crippen molar-refractivity contribution in [2.75, 3.05) is 38.2 Å². The molecule has 1 aliphatic heterocycles. The van der Waals surface area contributed by atoms with E-state index in [4.69, 9.17) is 4.74 Å². The van der Waals surface area contributed by atoms with E-state index < -0.39 is 14.9 Å². The minimum Gasteiger partial charge on any atom is -0.490 e. The van der Waals surface area contributed by atoms with Crippen LogP contribution in [-0.4, -0.2) is 50.9 Å². The van der Waals surface area contributed by atoms with Crippen LogP contribution in [0.3, 0.4) is 0 Å². The van der Waals surface area contributed by atoms with Crippen LogP contribution in [0.5, 0.6) is 5.75 Å². The third-order valence-corrected chi connectivity index (χ3v) is 6.40. The highest BCUT2D eigenvalue weighted by atomic mass is 32.2. The lowest BCUT2D eigenvalue weighted by Gasteiger charge is -2.35. The highest BCUT2D eigenvalue weighted by Gasteiger charge is 2.28. The van der Waals surface area contributed by atoms with Crippen LogP contribution in [0.1, 0.15) is 5.56 Å². The zero-order valence-electron chi connectivity index (χ0n) is 14.9. The molecule has 0 unspecified atom stereocenters. The molecule has 0 N–H and O–H groups in total. The largest absolute Gasteiger partial charge is 0.490 e. The third-order valence-electron chi connectivity index (χ3n) is 4.55. The smallest absolute Gasteiger partial charge is 0.311 e. The van der Waals surface area contributed by atoms with E-state index in [0.717, 1.165) is 11.3 Å². The summed E-state index contributed by atoms with van der Waals surface area (Å²) in [4.78, 5) is 12.5. The second-order valence-electron chi connectivity index (χ2n) is 6.24. The highest BCUT2D eigenvalue weighted by Crippen LogP contribution is 2.32. The first-order chi connectivity index (χ1) is 12.9. The third kappa shape index (κ3) is 4.37. The van der Waals surface area contributed by atoms with Crippen LogP contribution in [-0.2, 0) is 15.8 Å². The molecular weight excluding hydrogens is 370 g/mol. The maximum atomic E-state index is 12.6. The molecule has 1 saturated heterocycles. The zero-order chi connectivity index (χ0) is 19.4. The number of nitrogens with zero attached hydrogens (tertiary/aromatic N) is 3. The number of ether oxygens (including phenoxy) is 1. The van der Waals surface area contributed by atoms with Crippen LogP contribution in [0, 0.1) is 10.1 Å². The van der Waals surface area contributed by atoms with Gasteiger partial charge in [0.1, 0.15) is 0 Å². The van der Waals surface area contributed by atoms with Crippen LogP contribution >= 0.6 is 0 Å². The molecule has 2 aromatic rings. The lowest BCUT2D eigenvalue weighted by atomic mass is 10.2. The van der Waals surface area contributed by atoms with Gasteiger partial charge in [0, 0.05) is 44.0 Å². The molecule has 9 heteroatoms. The lowest BCUT2D eigenvalue weighted by molar-refractivity contribution is -0.385. The standard InChI is InChI=1S/C18H21N3O5S/c1-26-18-13-16(7-8-17(18)21(22)23)19-9-11-20(12-10-19)27(24,25)14-15-5-3-2-4-6-15/h2-8,13H,9-12,14H2,1H3. The lowest BCUT2D eigenvalue weighted by Crippen LogP contribution is -2.49. The molecule has 0 saturated carbocycles. The van der Waals surface area contributed by atoms with Gasteiger partial charge in [0.2, 0.25) is 10.0 Å². The second kappa shape index (κ2) is 7.93.